The summed E-state index contributed by atoms with van der Waals surface area (Å²) < 4.78 is 0. The van der Waals surface area contributed by atoms with Gasteiger partial charge in [-0.2, -0.15) is 0 Å². The molecule has 1 unspecified atom stereocenters. The lowest BCUT2D eigenvalue weighted by molar-refractivity contribution is 0.0924. The number of aromatic amines is 1. The van der Waals surface area contributed by atoms with E-state index < -0.39 is 11.5 Å². The molecular formula is C20H21ClN2O3. The van der Waals surface area contributed by atoms with Gasteiger partial charge in [0.15, 0.2) is 5.78 Å². The summed E-state index contributed by atoms with van der Waals surface area (Å²) in [6.07, 6.45) is 1.82. The van der Waals surface area contributed by atoms with E-state index >= 15 is 0 Å². The van der Waals surface area contributed by atoms with Gasteiger partial charge in [0.25, 0.3) is 11.5 Å². The first-order valence-electron chi connectivity index (χ1n) is 8.72. The minimum absolute atomic E-state index is 0.0291. The molecule has 0 saturated heterocycles. The van der Waals surface area contributed by atoms with E-state index in [9.17, 15) is 14.4 Å². The second-order valence-electron chi connectivity index (χ2n) is 6.93. The molecule has 1 amide bonds. The molecule has 0 bridgehead atoms. The number of rotatable bonds is 4. The number of carbonyl (C=O) groups excluding carboxylic acids is 2. The highest BCUT2D eigenvalue weighted by atomic mass is 35.5. The predicted molar refractivity (Wildman–Crippen MR) is 101 cm³/mol. The van der Waals surface area contributed by atoms with Gasteiger partial charge in [0.1, 0.15) is 5.56 Å². The highest BCUT2D eigenvalue weighted by Crippen LogP contribution is 2.24. The monoisotopic (exact) mass is 372 g/mol. The van der Waals surface area contributed by atoms with Crippen molar-refractivity contribution in [2.75, 3.05) is 0 Å². The predicted octanol–water partition coefficient (Wildman–Crippen LogP) is 3.67. The topological polar surface area (TPSA) is 79.0 Å². The van der Waals surface area contributed by atoms with Crippen molar-refractivity contribution in [3.05, 3.63) is 68.1 Å². The van der Waals surface area contributed by atoms with Crippen LogP contribution in [0.1, 0.15) is 64.7 Å². The number of fused-ring (bicyclic) bond motifs is 1. The Balaban J connectivity index is 1.91. The molecule has 6 heteroatoms. The van der Waals surface area contributed by atoms with Crippen LogP contribution in [0, 0.1) is 5.92 Å². The summed E-state index contributed by atoms with van der Waals surface area (Å²) in [7, 11) is 0. The van der Waals surface area contributed by atoms with Gasteiger partial charge in [0.2, 0.25) is 0 Å². The van der Waals surface area contributed by atoms with E-state index in [0.29, 0.717) is 29.1 Å². The van der Waals surface area contributed by atoms with Crippen LogP contribution in [0.25, 0.3) is 0 Å². The van der Waals surface area contributed by atoms with E-state index in [0.717, 1.165) is 12.0 Å². The Morgan fingerprint density at radius 2 is 1.85 bits per heavy atom. The van der Waals surface area contributed by atoms with Gasteiger partial charge in [0.05, 0.1) is 6.04 Å². The fourth-order valence-corrected chi connectivity index (χ4v) is 3.39. The van der Waals surface area contributed by atoms with Crippen LogP contribution in [0.5, 0.6) is 0 Å². The number of nitrogens with one attached hydrogen (secondary N) is 2. The summed E-state index contributed by atoms with van der Waals surface area (Å²) in [5.74, 6) is -0.408. The summed E-state index contributed by atoms with van der Waals surface area (Å²) >= 11 is 5.93. The molecule has 0 spiro atoms. The van der Waals surface area contributed by atoms with Gasteiger partial charge >= 0.3 is 0 Å². The number of Topliss-reactive ketones (excluding diaryl/α,β-unsaturated/α-hetero) is 1. The summed E-state index contributed by atoms with van der Waals surface area (Å²) in [5.41, 5.74) is 1.49. The van der Waals surface area contributed by atoms with Crippen LogP contribution in [-0.2, 0) is 6.42 Å². The van der Waals surface area contributed by atoms with Crippen LogP contribution in [0.2, 0.25) is 5.02 Å². The molecule has 1 aliphatic carbocycles. The van der Waals surface area contributed by atoms with Crippen molar-refractivity contribution in [1.29, 1.82) is 0 Å². The Kier molecular flexibility index (Phi) is 5.28. The molecule has 0 aliphatic heterocycles. The molecule has 1 aliphatic rings. The number of aromatic nitrogens is 1. The van der Waals surface area contributed by atoms with Crippen molar-refractivity contribution in [2.45, 2.75) is 39.2 Å². The van der Waals surface area contributed by atoms with E-state index in [-0.39, 0.29) is 23.3 Å². The minimum atomic E-state index is -0.485. The summed E-state index contributed by atoms with van der Waals surface area (Å²) in [6.45, 7) is 3.97. The standard InChI is InChI=1S/C20H21ClN2O3/c1-11(2)18(12-6-8-13(21)9-7-12)23-20(26)15-10-14-16(22-19(15)25)4-3-5-17(14)24/h6-11,18H,3-5H2,1-2H3,(H,22,25)(H,23,26). The molecule has 1 atom stereocenters. The SMILES string of the molecule is CC(C)C(NC(=O)c1cc2c([nH]c1=O)CCCC2=O)c1ccc(Cl)cc1. The second-order valence-corrected chi connectivity index (χ2v) is 7.36. The summed E-state index contributed by atoms with van der Waals surface area (Å²) in [5, 5.41) is 3.54. The number of hydrogen-bond acceptors (Lipinski definition) is 3. The Bertz CT molecular complexity index is 900. The van der Waals surface area contributed by atoms with Gasteiger partial charge in [-0.3, -0.25) is 14.4 Å². The van der Waals surface area contributed by atoms with Gasteiger partial charge in [-0.1, -0.05) is 37.6 Å². The Morgan fingerprint density at radius 1 is 1.15 bits per heavy atom. The Labute approximate surface area is 156 Å². The minimum Gasteiger partial charge on any atom is -0.345 e. The largest absolute Gasteiger partial charge is 0.345 e. The highest BCUT2D eigenvalue weighted by Gasteiger charge is 2.24. The zero-order valence-corrected chi connectivity index (χ0v) is 15.5. The van der Waals surface area contributed by atoms with Crippen molar-refractivity contribution in [1.82, 2.24) is 10.3 Å². The van der Waals surface area contributed by atoms with E-state index in [4.69, 9.17) is 11.6 Å². The van der Waals surface area contributed by atoms with Crippen LogP contribution >= 0.6 is 11.6 Å². The maximum atomic E-state index is 12.7. The zero-order valence-electron chi connectivity index (χ0n) is 14.8. The van der Waals surface area contributed by atoms with Crippen LogP contribution in [0.3, 0.4) is 0 Å². The van der Waals surface area contributed by atoms with Crippen LogP contribution < -0.4 is 10.9 Å². The number of pyridine rings is 1. The number of benzene rings is 1. The van der Waals surface area contributed by atoms with E-state index in [1.165, 1.54) is 6.07 Å². The number of H-pyrrole nitrogens is 1. The fourth-order valence-electron chi connectivity index (χ4n) is 3.27. The number of ketones is 1. The average Bonchev–Trinajstić information content (AvgIpc) is 2.60. The van der Waals surface area contributed by atoms with Crippen LogP contribution in [0.15, 0.2) is 35.1 Å². The molecule has 3 rings (SSSR count). The van der Waals surface area contributed by atoms with E-state index in [1.807, 2.05) is 26.0 Å². The molecule has 136 valence electrons. The van der Waals surface area contributed by atoms with Gasteiger partial charge in [0, 0.05) is 22.7 Å². The van der Waals surface area contributed by atoms with Crippen molar-refractivity contribution >= 4 is 23.3 Å². The van der Waals surface area contributed by atoms with Crippen molar-refractivity contribution in [3.63, 3.8) is 0 Å². The van der Waals surface area contributed by atoms with Crippen molar-refractivity contribution in [2.24, 2.45) is 5.92 Å². The normalized spacial score (nSPS) is 14.8. The molecule has 0 fully saturated rings. The lowest BCUT2D eigenvalue weighted by Gasteiger charge is -2.23. The second kappa shape index (κ2) is 7.46. The average molecular weight is 373 g/mol. The first-order chi connectivity index (χ1) is 12.4. The maximum Gasteiger partial charge on any atom is 0.261 e. The van der Waals surface area contributed by atoms with Crippen molar-refractivity contribution in [3.8, 4) is 0 Å². The number of aryl methyl sites for hydroxylation is 1. The van der Waals surface area contributed by atoms with Gasteiger partial charge in [-0.25, -0.2) is 0 Å². The maximum absolute atomic E-state index is 12.7. The van der Waals surface area contributed by atoms with Crippen LogP contribution in [-0.4, -0.2) is 16.7 Å². The molecule has 1 heterocycles. The third-order valence-corrected chi connectivity index (χ3v) is 4.93. The number of amides is 1. The zero-order chi connectivity index (χ0) is 18.8. The quantitative estimate of drug-likeness (QED) is 0.859. The molecule has 1 aromatic heterocycles. The molecule has 2 aromatic rings. The molecule has 26 heavy (non-hydrogen) atoms. The lowest BCUT2D eigenvalue weighted by Crippen LogP contribution is -2.36. The first kappa shape index (κ1) is 18.4. The molecular weight excluding hydrogens is 352 g/mol. The molecule has 0 saturated carbocycles. The molecule has 2 N–H and O–H groups in total. The van der Waals surface area contributed by atoms with Crippen molar-refractivity contribution < 1.29 is 9.59 Å². The number of carbonyl (C=O) groups is 2. The lowest BCUT2D eigenvalue weighted by atomic mass is 9.93. The summed E-state index contributed by atoms with van der Waals surface area (Å²) in [4.78, 5) is 39.9. The highest BCUT2D eigenvalue weighted by molar-refractivity contribution is 6.30. The van der Waals surface area contributed by atoms with Gasteiger partial charge in [-0.15, -0.1) is 0 Å². The molecule has 5 nitrogen and oxygen atoms in total. The number of halogens is 1. The summed E-state index contributed by atoms with van der Waals surface area (Å²) in [6, 6.07) is 8.41. The van der Waals surface area contributed by atoms with E-state index in [2.05, 4.69) is 10.3 Å². The Morgan fingerprint density at radius 3 is 2.50 bits per heavy atom. The van der Waals surface area contributed by atoms with Gasteiger partial charge < -0.3 is 10.3 Å². The molecule has 1 aromatic carbocycles. The smallest absolute Gasteiger partial charge is 0.261 e. The van der Waals surface area contributed by atoms with Crippen LogP contribution in [0.4, 0.5) is 0 Å². The third-order valence-electron chi connectivity index (χ3n) is 4.68. The van der Waals surface area contributed by atoms with E-state index in [1.54, 1.807) is 12.1 Å². The first-order valence-corrected chi connectivity index (χ1v) is 9.10. The number of hydrogen-bond donors (Lipinski definition) is 2. The Hall–Kier alpha value is -2.40. The van der Waals surface area contributed by atoms with Gasteiger partial charge in [-0.05, 0) is 42.5 Å². The molecule has 0 radical (unpaired) electrons. The fraction of sp³-hybridized carbons (Fsp3) is 0.350. The third kappa shape index (κ3) is 3.73.